The summed E-state index contributed by atoms with van der Waals surface area (Å²) in [5.74, 6) is 1.55. The van der Waals surface area contributed by atoms with Crippen LogP contribution in [0.25, 0.3) is 0 Å². The van der Waals surface area contributed by atoms with Crippen molar-refractivity contribution in [3.05, 3.63) is 102 Å². The van der Waals surface area contributed by atoms with Gasteiger partial charge in [0, 0.05) is 15.1 Å². The molecule has 0 nitrogen and oxygen atoms in total. The summed E-state index contributed by atoms with van der Waals surface area (Å²) in [6, 6.07) is 19.4. The third-order valence-corrected chi connectivity index (χ3v) is 6.09. The largest absolute Gasteiger partial charge is 0.0843 e. The molecule has 0 heterocycles. The highest BCUT2D eigenvalue weighted by Gasteiger charge is 2.02. The van der Waals surface area contributed by atoms with Crippen LogP contribution in [0.5, 0.6) is 0 Å². The maximum atomic E-state index is 5.83. The molecule has 0 fully saturated rings. The van der Waals surface area contributed by atoms with Crippen LogP contribution < -0.4 is 0 Å². The Kier molecular flexibility index (Phi) is 13.1. The standard InChI is InChI=1S/2C9H10Cl2.C9H11Cl/c1-6(2)7-3-8(10)5-9(11)4-7;1-6(2)7-3-4-8(10)9(11)5-7;1-7(2)8-4-3-5-9(10)6-8/h2*3-6H,1-2H3;3-7H,1-2H3. The second-order valence-electron chi connectivity index (χ2n) is 8.40. The molecule has 3 aromatic carbocycles. The molecule has 3 aromatic rings. The zero-order chi connectivity index (χ0) is 24.4. The second kappa shape index (κ2) is 14.4. The van der Waals surface area contributed by atoms with Crippen LogP contribution >= 0.6 is 58.0 Å². The molecule has 174 valence electrons. The van der Waals surface area contributed by atoms with Gasteiger partial charge in [-0.05, 0) is 76.9 Å². The SMILES string of the molecule is CC(C)c1cc(Cl)cc(Cl)c1.CC(C)c1ccc(Cl)c(Cl)c1.CC(C)c1cccc(Cl)c1. The first-order valence-electron chi connectivity index (χ1n) is 10.6. The normalized spacial score (nSPS) is 10.6. The summed E-state index contributed by atoms with van der Waals surface area (Å²) in [7, 11) is 0. The van der Waals surface area contributed by atoms with Crippen molar-refractivity contribution >= 4 is 58.0 Å². The summed E-state index contributed by atoms with van der Waals surface area (Å²) in [4.78, 5) is 0. The van der Waals surface area contributed by atoms with Crippen LogP contribution in [-0.4, -0.2) is 0 Å². The Bertz CT molecular complexity index is 957. The fraction of sp³-hybridized carbons (Fsp3) is 0.333. The average Bonchev–Trinajstić information content (AvgIpc) is 2.70. The van der Waals surface area contributed by atoms with Crippen molar-refractivity contribution in [2.75, 3.05) is 0 Å². The molecular formula is C27H31Cl5. The summed E-state index contributed by atoms with van der Waals surface area (Å²) in [6.45, 7) is 12.8. The summed E-state index contributed by atoms with van der Waals surface area (Å²) >= 11 is 29.0. The number of hydrogen-bond acceptors (Lipinski definition) is 0. The Morgan fingerprint density at radius 1 is 0.438 bits per heavy atom. The highest BCUT2D eigenvalue weighted by Crippen LogP contribution is 2.26. The van der Waals surface area contributed by atoms with E-state index in [-0.39, 0.29) is 0 Å². The topological polar surface area (TPSA) is 0 Å². The Morgan fingerprint density at radius 2 is 0.906 bits per heavy atom. The van der Waals surface area contributed by atoms with Crippen LogP contribution in [0, 0.1) is 0 Å². The molecule has 3 rings (SSSR count). The summed E-state index contributed by atoms with van der Waals surface area (Å²) in [5.41, 5.74) is 3.70. The molecule has 0 N–H and O–H groups in total. The molecule has 0 unspecified atom stereocenters. The third-order valence-electron chi connectivity index (χ3n) is 4.68. The van der Waals surface area contributed by atoms with Crippen molar-refractivity contribution in [2.24, 2.45) is 0 Å². The predicted molar refractivity (Wildman–Crippen MR) is 147 cm³/mol. The van der Waals surface area contributed by atoms with Gasteiger partial charge in [-0.3, -0.25) is 0 Å². The van der Waals surface area contributed by atoms with Gasteiger partial charge < -0.3 is 0 Å². The van der Waals surface area contributed by atoms with Crippen molar-refractivity contribution in [3.8, 4) is 0 Å². The van der Waals surface area contributed by atoms with E-state index in [4.69, 9.17) is 58.0 Å². The van der Waals surface area contributed by atoms with E-state index in [1.165, 1.54) is 16.7 Å². The molecule has 5 heteroatoms. The number of halogens is 5. The molecule has 0 aliphatic carbocycles. The van der Waals surface area contributed by atoms with Crippen molar-refractivity contribution in [3.63, 3.8) is 0 Å². The minimum atomic E-state index is 0.478. The van der Waals surface area contributed by atoms with Crippen LogP contribution in [0.1, 0.15) is 76.0 Å². The van der Waals surface area contributed by atoms with Crippen LogP contribution in [0.15, 0.2) is 60.7 Å². The molecular weight excluding hydrogens is 502 g/mol. The van der Waals surface area contributed by atoms with Gasteiger partial charge in [0.15, 0.2) is 0 Å². The first kappa shape index (κ1) is 29.1. The smallest absolute Gasteiger partial charge is 0.0595 e. The molecule has 0 aliphatic rings. The Balaban J connectivity index is 0.000000240. The van der Waals surface area contributed by atoms with Gasteiger partial charge in [0.05, 0.1) is 10.0 Å². The first-order valence-corrected chi connectivity index (χ1v) is 12.5. The van der Waals surface area contributed by atoms with Crippen LogP contribution in [0.2, 0.25) is 25.1 Å². The maximum Gasteiger partial charge on any atom is 0.0595 e. The lowest BCUT2D eigenvalue weighted by atomic mass is 10.0. The van der Waals surface area contributed by atoms with Gasteiger partial charge in [0.1, 0.15) is 0 Å². The van der Waals surface area contributed by atoms with Gasteiger partial charge in [-0.1, -0.05) is 118 Å². The fourth-order valence-corrected chi connectivity index (χ4v) is 3.69. The van der Waals surface area contributed by atoms with Crippen LogP contribution in [0.3, 0.4) is 0 Å². The summed E-state index contributed by atoms with van der Waals surface area (Å²) in [5, 5.41) is 3.50. The Hall–Kier alpha value is -0.890. The van der Waals surface area contributed by atoms with E-state index in [1.807, 2.05) is 48.5 Å². The molecule has 0 aliphatic heterocycles. The summed E-state index contributed by atoms with van der Waals surface area (Å²) < 4.78 is 0. The van der Waals surface area contributed by atoms with E-state index < -0.39 is 0 Å². The molecule has 0 amide bonds. The van der Waals surface area contributed by atoms with Crippen molar-refractivity contribution in [1.82, 2.24) is 0 Å². The zero-order valence-corrected chi connectivity index (χ0v) is 23.2. The lowest BCUT2D eigenvalue weighted by molar-refractivity contribution is 0.867. The maximum absolute atomic E-state index is 5.83. The fourth-order valence-electron chi connectivity index (χ4n) is 2.65. The van der Waals surface area contributed by atoms with Gasteiger partial charge in [-0.25, -0.2) is 0 Å². The van der Waals surface area contributed by atoms with Gasteiger partial charge >= 0.3 is 0 Å². The number of benzene rings is 3. The third kappa shape index (κ3) is 10.8. The van der Waals surface area contributed by atoms with Crippen molar-refractivity contribution in [1.29, 1.82) is 0 Å². The first-order chi connectivity index (χ1) is 14.9. The number of hydrogen-bond donors (Lipinski definition) is 0. The van der Waals surface area contributed by atoms with Crippen molar-refractivity contribution < 1.29 is 0 Å². The predicted octanol–water partition coefficient (Wildman–Crippen LogP) is 11.7. The quantitative estimate of drug-likeness (QED) is 0.315. The molecule has 0 bridgehead atoms. The zero-order valence-electron chi connectivity index (χ0n) is 19.4. The van der Waals surface area contributed by atoms with Gasteiger partial charge in [0.25, 0.3) is 0 Å². The summed E-state index contributed by atoms with van der Waals surface area (Å²) in [6.07, 6.45) is 0. The van der Waals surface area contributed by atoms with Gasteiger partial charge in [-0.15, -0.1) is 0 Å². The molecule has 0 radical (unpaired) electrons. The van der Waals surface area contributed by atoms with E-state index in [2.05, 4.69) is 47.6 Å². The molecule has 0 saturated heterocycles. The number of rotatable bonds is 3. The minimum Gasteiger partial charge on any atom is -0.0843 e. The van der Waals surface area contributed by atoms with Gasteiger partial charge in [0.2, 0.25) is 0 Å². The lowest BCUT2D eigenvalue weighted by Gasteiger charge is -2.05. The van der Waals surface area contributed by atoms with E-state index in [9.17, 15) is 0 Å². The minimum absolute atomic E-state index is 0.478. The van der Waals surface area contributed by atoms with E-state index in [0.29, 0.717) is 37.8 Å². The molecule has 32 heavy (non-hydrogen) atoms. The second-order valence-corrected chi connectivity index (χ2v) is 10.5. The molecule has 0 atom stereocenters. The molecule has 0 saturated carbocycles. The lowest BCUT2D eigenvalue weighted by Crippen LogP contribution is -1.86. The van der Waals surface area contributed by atoms with Crippen molar-refractivity contribution in [2.45, 2.75) is 59.3 Å². The van der Waals surface area contributed by atoms with E-state index in [0.717, 1.165) is 5.02 Å². The monoisotopic (exact) mass is 530 g/mol. The Labute approximate surface area is 218 Å². The Morgan fingerprint density at radius 3 is 1.31 bits per heavy atom. The van der Waals surface area contributed by atoms with Gasteiger partial charge in [-0.2, -0.15) is 0 Å². The molecule has 0 spiro atoms. The average molecular weight is 533 g/mol. The van der Waals surface area contributed by atoms with E-state index in [1.54, 1.807) is 6.07 Å². The molecule has 0 aromatic heterocycles. The van der Waals surface area contributed by atoms with E-state index >= 15 is 0 Å². The van der Waals surface area contributed by atoms with Crippen LogP contribution in [0.4, 0.5) is 0 Å². The van der Waals surface area contributed by atoms with Crippen LogP contribution in [-0.2, 0) is 0 Å². The highest BCUT2D eigenvalue weighted by atomic mass is 35.5. The highest BCUT2D eigenvalue weighted by molar-refractivity contribution is 6.42.